The predicted octanol–water partition coefficient (Wildman–Crippen LogP) is 1.42. The quantitative estimate of drug-likeness (QED) is 0.416. The van der Waals surface area contributed by atoms with Crippen LogP contribution in [-0.2, 0) is 0 Å². The zero-order valence-corrected chi connectivity index (χ0v) is 8.86. The molecule has 4 heteroatoms. The standard InChI is InChI=1S/C9H13NO2Si/c1-13(2,8-10(11)12)9-6-4-3-5-7-9/h3-7H,8H2,1-2H3. The Balaban J connectivity index is 2.87. The van der Waals surface area contributed by atoms with E-state index in [0.29, 0.717) is 0 Å². The molecule has 0 radical (unpaired) electrons. The zero-order chi connectivity index (χ0) is 9.90. The van der Waals surface area contributed by atoms with Crippen molar-refractivity contribution in [2.45, 2.75) is 13.1 Å². The lowest BCUT2D eigenvalue weighted by Crippen LogP contribution is -2.48. The van der Waals surface area contributed by atoms with Crippen LogP contribution in [0.3, 0.4) is 0 Å². The van der Waals surface area contributed by atoms with E-state index in [1.165, 1.54) is 0 Å². The normalized spacial score (nSPS) is 11.2. The number of rotatable bonds is 3. The van der Waals surface area contributed by atoms with Gasteiger partial charge in [0.05, 0.1) is 0 Å². The average Bonchev–Trinajstić information content (AvgIpc) is 2.04. The third-order valence-electron chi connectivity index (χ3n) is 2.08. The van der Waals surface area contributed by atoms with Crippen LogP contribution in [-0.4, -0.2) is 19.2 Å². The van der Waals surface area contributed by atoms with Crippen LogP contribution >= 0.6 is 0 Å². The summed E-state index contributed by atoms with van der Waals surface area (Å²) < 4.78 is 0. The first-order valence-electron chi connectivity index (χ1n) is 4.20. The van der Waals surface area contributed by atoms with Crippen LogP contribution in [0.15, 0.2) is 30.3 Å². The smallest absolute Gasteiger partial charge is 0.190 e. The maximum absolute atomic E-state index is 10.4. The molecule has 0 unspecified atom stereocenters. The molecule has 0 saturated heterocycles. The van der Waals surface area contributed by atoms with Crippen LogP contribution in [0.2, 0.25) is 13.1 Å². The topological polar surface area (TPSA) is 43.1 Å². The number of benzene rings is 1. The van der Waals surface area contributed by atoms with Gasteiger partial charge in [-0.3, -0.25) is 10.1 Å². The Morgan fingerprint density at radius 3 is 2.31 bits per heavy atom. The van der Waals surface area contributed by atoms with Gasteiger partial charge < -0.3 is 0 Å². The Labute approximate surface area is 78.6 Å². The summed E-state index contributed by atoms with van der Waals surface area (Å²) in [6, 6.07) is 9.76. The summed E-state index contributed by atoms with van der Waals surface area (Å²) in [7, 11) is -1.84. The molecule has 13 heavy (non-hydrogen) atoms. The van der Waals surface area contributed by atoms with Gasteiger partial charge in [-0.05, 0) is 0 Å². The zero-order valence-electron chi connectivity index (χ0n) is 7.86. The molecule has 0 fully saturated rings. The van der Waals surface area contributed by atoms with E-state index in [9.17, 15) is 10.1 Å². The summed E-state index contributed by atoms with van der Waals surface area (Å²) >= 11 is 0. The van der Waals surface area contributed by atoms with Crippen molar-refractivity contribution in [3.8, 4) is 0 Å². The lowest BCUT2D eigenvalue weighted by molar-refractivity contribution is -0.461. The first kappa shape index (κ1) is 9.92. The Morgan fingerprint density at radius 1 is 1.31 bits per heavy atom. The van der Waals surface area contributed by atoms with E-state index in [1.807, 2.05) is 43.4 Å². The van der Waals surface area contributed by atoms with Gasteiger partial charge in [0.15, 0.2) is 14.2 Å². The Morgan fingerprint density at radius 2 is 1.85 bits per heavy atom. The Hall–Kier alpha value is -1.16. The van der Waals surface area contributed by atoms with Crippen LogP contribution in [0.4, 0.5) is 0 Å². The van der Waals surface area contributed by atoms with Gasteiger partial charge in [0.1, 0.15) is 0 Å². The molecule has 70 valence electrons. The highest BCUT2D eigenvalue weighted by molar-refractivity contribution is 6.89. The molecule has 1 aromatic carbocycles. The number of hydrogen-bond acceptors (Lipinski definition) is 2. The van der Waals surface area contributed by atoms with Crippen molar-refractivity contribution in [1.29, 1.82) is 0 Å². The van der Waals surface area contributed by atoms with Crippen LogP contribution in [0.1, 0.15) is 0 Å². The highest BCUT2D eigenvalue weighted by Gasteiger charge is 2.29. The van der Waals surface area contributed by atoms with Crippen LogP contribution < -0.4 is 5.19 Å². The van der Waals surface area contributed by atoms with E-state index in [2.05, 4.69) is 0 Å². The molecule has 0 N–H and O–H groups in total. The van der Waals surface area contributed by atoms with Gasteiger partial charge in [0.25, 0.3) is 0 Å². The van der Waals surface area contributed by atoms with Crippen LogP contribution in [0.25, 0.3) is 0 Å². The molecule has 0 aromatic heterocycles. The molecule has 0 heterocycles. The molecular weight excluding hydrogens is 182 g/mol. The molecule has 0 aliphatic rings. The molecule has 3 nitrogen and oxygen atoms in total. The summed E-state index contributed by atoms with van der Waals surface area (Å²) in [5.74, 6) is 0. The fraction of sp³-hybridized carbons (Fsp3) is 0.333. The molecule has 1 aromatic rings. The van der Waals surface area contributed by atoms with Crippen molar-refractivity contribution in [2.24, 2.45) is 0 Å². The van der Waals surface area contributed by atoms with Crippen molar-refractivity contribution >= 4 is 13.3 Å². The number of nitro groups is 1. The second kappa shape index (κ2) is 3.70. The minimum Gasteiger partial charge on any atom is -0.265 e. The van der Waals surface area contributed by atoms with E-state index in [1.54, 1.807) is 0 Å². The van der Waals surface area contributed by atoms with Gasteiger partial charge in [-0.15, -0.1) is 0 Å². The monoisotopic (exact) mass is 195 g/mol. The molecule has 0 saturated carbocycles. The fourth-order valence-corrected chi connectivity index (χ4v) is 3.23. The lowest BCUT2D eigenvalue weighted by atomic mass is 10.4. The molecule has 0 aliphatic heterocycles. The summed E-state index contributed by atoms with van der Waals surface area (Å²) in [5.41, 5.74) is 0. The van der Waals surface area contributed by atoms with E-state index >= 15 is 0 Å². The third kappa shape index (κ3) is 2.66. The summed E-state index contributed by atoms with van der Waals surface area (Å²) in [4.78, 5) is 10.2. The summed E-state index contributed by atoms with van der Waals surface area (Å²) in [5, 5.41) is 11.6. The maximum Gasteiger partial charge on any atom is 0.190 e. The van der Waals surface area contributed by atoms with E-state index < -0.39 is 8.07 Å². The molecular formula is C9H13NO2Si. The minimum atomic E-state index is -1.84. The van der Waals surface area contributed by atoms with Gasteiger partial charge in [0.2, 0.25) is 0 Å². The molecule has 1 rings (SSSR count). The van der Waals surface area contributed by atoms with Gasteiger partial charge in [-0.2, -0.15) is 0 Å². The van der Waals surface area contributed by atoms with E-state index in [0.717, 1.165) is 5.19 Å². The van der Waals surface area contributed by atoms with Crippen LogP contribution in [0, 0.1) is 10.1 Å². The predicted molar refractivity (Wildman–Crippen MR) is 55.4 cm³/mol. The first-order valence-corrected chi connectivity index (χ1v) is 7.40. The van der Waals surface area contributed by atoms with E-state index in [4.69, 9.17) is 0 Å². The van der Waals surface area contributed by atoms with Gasteiger partial charge in [-0.1, -0.05) is 48.6 Å². The largest absolute Gasteiger partial charge is 0.265 e. The number of hydrogen-bond donors (Lipinski definition) is 0. The van der Waals surface area contributed by atoms with Crippen molar-refractivity contribution in [3.63, 3.8) is 0 Å². The van der Waals surface area contributed by atoms with Crippen molar-refractivity contribution in [1.82, 2.24) is 0 Å². The lowest BCUT2D eigenvalue weighted by Gasteiger charge is -2.16. The van der Waals surface area contributed by atoms with E-state index in [-0.39, 0.29) is 11.1 Å². The summed E-state index contributed by atoms with van der Waals surface area (Å²) in [6.45, 7) is 4.04. The van der Waals surface area contributed by atoms with Crippen molar-refractivity contribution in [2.75, 3.05) is 6.17 Å². The SMILES string of the molecule is C[Si](C)(C[N+](=O)[O-])c1ccccc1. The Kier molecular flexibility index (Phi) is 2.82. The summed E-state index contributed by atoms with van der Waals surface area (Å²) in [6.07, 6.45) is 0.108. The second-order valence-corrected chi connectivity index (χ2v) is 8.40. The molecule has 0 atom stereocenters. The Bertz CT molecular complexity index is 298. The van der Waals surface area contributed by atoms with Crippen molar-refractivity contribution in [3.05, 3.63) is 40.4 Å². The minimum absolute atomic E-state index is 0.108. The molecule has 0 bridgehead atoms. The highest BCUT2D eigenvalue weighted by Crippen LogP contribution is 2.02. The average molecular weight is 195 g/mol. The van der Waals surface area contributed by atoms with Gasteiger partial charge >= 0.3 is 0 Å². The first-order chi connectivity index (χ1) is 6.02. The van der Waals surface area contributed by atoms with Gasteiger partial charge in [0, 0.05) is 4.92 Å². The number of nitrogens with zero attached hydrogens (tertiary/aromatic N) is 1. The van der Waals surface area contributed by atoms with Crippen molar-refractivity contribution < 1.29 is 4.92 Å². The fourth-order valence-electron chi connectivity index (χ4n) is 1.30. The molecule has 0 spiro atoms. The third-order valence-corrected chi connectivity index (χ3v) is 5.02. The van der Waals surface area contributed by atoms with Gasteiger partial charge in [-0.25, -0.2) is 0 Å². The molecule has 0 aliphatic carbocycles. The second-order valence-electron chi connectivity index (χ2n) is 3.74. The highest BCUT2D eigenvalue weighted by atomic mass is 28.3. The molecule has 0 amide bonds. The maximum atomic E-state index is 10.4. The van der Waals surface area contributed by atoms with Crippen LogP contribution in [0.5, 0.6) is 0 Å².